The van der Waals surface area contributed by atoms with Crippen molar-refractivity contribution in [1.29, 1.82) is 0 Å². The molecule has 3 aromatic carbocycles. The van der Waals surface area contributed by atoms with Gasteiger partial charge < -0.3 is 4.90 Å². The predicted octanol–water partition coefficient (Wildman–Crippen LogP) is 4.28. The second kappa shape index (κ2) is 7.36. The summed E-state index contributed by atoms with van der Waals surface area (Å²) in [6.45, 7) is 1.89. The van der Waals surface area contributed by atoms with E-state index in [1.807, 2.05) is 61.6 Å². The van der Waals surface area contributed by atoms with Crippen molar-refractivity contribution >= 4 is 36.7 Å². The van der Waals surface area contributed by atoms with E-state index in [9.17, 15) is 8.42 Å². The van der Waals surface area contributed by atoms with Gasteiger partial charge >= 0.3 is 0 Å². The minimum Gasteiger partial charge on any atom is -0.303 e. The van der Waals surface area contributed by atoms with Crippen LogP contribution >= 0.6 is 15.9 Å². The van der Waals surface area contributed by atoms with E-state index in [1.165, 1.54) is 0 Å². The van der Waals surface area contributed by atoms with E-state index in [-0.39, 0.29) is 6.04 Å². The van der Waals surface area contributed by atoms with Crippen molar-refractivity contribution in [2.45, 2.75) is 10.9 Å². The first-order valence-electron chi connectivity index (χ1n) is 8.90. The molecule has 6 heteroatoms. The maximum atomic E-state index is 13.5. The first-order chi connectivity index (χ1) is 12.9. The van der Waals surface area contributed by atoms with Crippen molar-refractivity contribution in [3.63, 3.8) is 0 Å². The largest absolute Gasteiger partial charge is 0.303 e. The fourth-order valence-corrected chi connectivity index (χ4v) is 5.64. The summed E-state index contributed by atoms with van der Waals surface area (Å²) in [5.41, 5.74) is 1.03. The van der Waals surface area contributed by atoms with Gasteiger partial charge in [-0.1, -0.05) is 58.4 Å². The zero-order chi connectivity index (χ0) is 19.0. The van der Waals surface area contributed by atoms with Crippen LogP contribution in [0.2, 0.25) is 0 Å². The number of hydrogen-bond acceptors (Lipinski definition) is 3. The molecule has 1 unspecified atom stereocenters. The molecule has 0 amide bonds. The molecule has 0 aromatic heterocycles. The quantitative estimate of drug-likeness (QED) is 0.605. The summed E-state index contributed by atoms with van der Waals surface area (Å²) in [6.07, 6.45) is 0. The van der Waals surface area contributed by atoms with E-state index < -0.39 is 10.0 Å². The SMILES string of the molecule is CN1CCN(S(=O)(=O)c2ccc3cc(Br)ccc3c2)C(c2ccccc2)C1. The summed E-state index contributed by atoms with van der Waals surface area (Å²) in [6, 6.07) is 20.9. The van der Waals surface area contributed by atoms with Gasteiger partial charge in [0.25, 0.3) is 0 Å². The summed E-state index contributed by atoms with van der Waals surface area (Å²) in [5.74, 6) is 0. The van der Waals surface area contributed by atoms with Crippen LogP contribution in [-0.4, -0.2) is 44.3 Å². The summed E-state index contributed by atoms with van der Waals surface area (Å²) >= 11 is 3.46. The van der Waals surface area contributed by atoms with E-state index in [2.05, 4.69) is 20.8 Å². The average Bonchev–Trinajstić information content (AvgIpc) is 2.68. The molecule has 0 saturated carbocycles. The molecule has 0 N–H and O–H groups in total. The van der Waals surface area contributed by atoms with Gasteiger partial charge in [-0.25, -0.2) is 8.42 Å². The van der Waals surface area contributed by atoms with Gasteiger partial charge in [0, 0.05) is 24.1 Å². The molecule has 0 bridgehead atoms. The van der Waals surface area contributed by atoms with Crippen LogP contribution in [0.25, 0.3) is 10.8 Å². The van der Waals surface area contributed by atoms with Gasteiger partial charge in [-0.15, -0.1) is 0 Å². The lowest BCUT2D eigenvalue weighted by molar-refractivity contribution is 0.161. The lowest BCUT2D eigenvalue weighted by Crippen LogP contribution is -2.49. The van der Waals surface area contributed by atoms with Gasteiger partial charge in [0.1, 0.15) is 0 Å². The number of rotatable bonds is 3. The number of hydrogen-bond donors (Lipinski definition) is 0. The molecular weight excluding hydrogens is 424 g/mol. The van der Waals surface area contributed by atoms with Crippen LogP contribution in [-0.2, 0) is 10.0 Å². The first kappa shape index (κ1) is 18.6. The average molecular weight is 445 g/mol. The molecule has 1 aliphatic rings. The Labute approximate surface area is 168 Å². The highest BCUT2D eigenvalue weighted by atomic mass is 79.9. The highest BCUT2D eigenvalue weighted by molar-refractivity contribution is 9.10. The summed E-state index contributed by atoms with van der Waals surface area (Å²) in [5, 5.41) is 1.94. The van der Waals surface area contributed by atoms with Crippen LogP contribution in [0.15, 0.2) is 76.1 Å². The minimum absolute atomic E-state index is 0.185. The van der Waals surface area contributed by atoms with Gasteiger partial charge in [-0.05, 0) is 47.6 Å². The van der Waals surface area contributed by atoms with Crippen molar-refractivity contribution in [2.75, 3.05) is 26.7 Å². The third kappa shape index (κ3) is 3.67. The third-order valence-electron chi connectivity index (χ3n) is 5.10. The molecule has 1 saturated heterocycles. The monoisotopic (exact) mass is 444 g/mol. The Morgan fingerprint density at radius 3 is 2.41 bits per heavy atom. The highest BCUT2D eigenvalue weighted by Gasteiger charge is 2.36. The topological polar surface area (TPSA) is 40.6 Å². The van der Waals surface area contributed by atoms with E-state index >= 15 is 0 Å². The minimum atomic E-state index is -3.59. The molecule has 1 aliphatic heterocycles. The van der Waals surface area contributed by atoms with Crippen LogP contribution in [0.5, 0.6) is 0 Å². The Kier molecular flexibility index (Phi) is 5.07. The second-order valence-corrected chi connectivity index (χ2v) is 9.76. The van der Waals surface area contributed by atoms with Crippen molar-refractivity contribution in [2.24, 2.45) is 0 Å². The Hall–Kier alpha value is -1.73. The molecule has 0 radical (unpaired) electrons. The van der Waals surface area contributed by atoms with Gasteiger partial charge in [0.2, 0.25) is 10.0 Å². The maximum absolute atomic E-state index is 13.5. The molecule has 4 rings (SSSR count). The van der Waals surface area contributed by atoms with E-state index in [0.29, 0.717) is 18.0 Å². The Morgan fingerprint density at radius 1 is 0.926 bits per heavy atom. The summed E-state index contributed by atoms with van der Waals surface area (Å²) in [7, 11) is -1.55. The number of likely N-dealkylation sites (N-methyl/N-ethyl adjacent to an activating group) is 1. The normalized spacial score (nSPS) is 19.4. The smallest absolute Gasteiger partial charge is 0.243 e. The summed E-state index contributed by atoms with van der Waals surface area (Å²) < 4.78 is 29.6. The molecule has 1 atom stereocenters. The molecule has 1 fully saturated rings. The lowest BCUT2D eigenvalue weighted by Gasteiger charge is -2.39. The molecular formula is C21H21BrN2O2S. The van der Waals surface area contributed by atoms with Crippen molar-refractivity contribution in [3.05, 3.63) is 76.8 Å². The van der Waals surface area contributed by atoms with Crippen LogP contribution in [0.1, 0.15) is 11.6 Å². The number of sulfonamides is 1. The summed E-state index contributed by atoms with van der Waals surface area (Å²) in [4.78, 5) is 2.53. The number of halogens is 1. The van der Waals surface area contributed by atoms with Crippen LogP contribution in [0, 0.1) is 0 Å². The van der Waals surface area contributed by atoms with E-state index in [1.54, 1.807) is 16.4 Å². The van der Waals surface area contributed by atoms with Gasteiger partial charge in [-0.3, -0.25) is 0 Å². The zero-order valence-electron chi connectivity index (χ0n) is 15.0. The van der Waals surface area contributed by atoms with Gasteiger partial charge in [0.15, 0.2) is 0 Å². The molecule has 1 heterocycles. The fraction of sp³-hybridized carbons (Fsp3) is 0.238. The number of fused-ring (bicyclic) bond motifs is 1. The maximum Gasteiger partial charge on any atom is 0.243 e. The zero-order valence-corrected chi connectivity index (χ0v) is 17.4. The van der Waals surface area contributed by atoms with Crippen molar-refractivity contribution in [3.8, 4) is 0 Å². The van der Waals surface area contributed by atoms with Crippen molar-refractivity contribution < 1.29 is 8.42 Å². The van der Waals surface area contributed by atoms with Crippen LogP contribution in [0.4, 0.5) is 0 Å². The van der Waals surface area contributed by atoms with Crippen LogP contribution in [0.3, 0.4) is 0 Å². The van der Waals surface area contributed by atoms with Gasteiger partial charge in [0.05, 0.1) is 10.9 Å². The molecule has 3 aromatic rings. The molecule has 0 aliphatic carbocycles. The van der Waals surface area contributed by atoms with E-state index in [4.69, 9.17) is 0 Å². The Bertz CT molecular complexity index is 1070. The highest BCUT2D eigenvalue weighted by Crippen LogP contribution is 2.32. The molecule has 4 nitrogen and oxygen atoms in total. The standard InChI is InChI=1S/C21H21BrN2O2S/c1-23-11-12-24(21(15-23)16-5-3-2-4-6-16)27(25,26)20-10-8-17-13-19(22)9-7-18(17)14-20/h2-10,13-14,21H,11-12,15H2,1H3. The number of benzene rings is 3. The first-order valence-corrected chi connectivity index (χ1v) is 11.1. The fourth-order valence-electron chi connectivity index (χ4n) is 3.63. The lowest BCUT2D eigenvalue weighted by atomic mass is 10.1. The van der Waals surface area contributed by atoms with Crippen molar-refractivity contribution in [1.82, 2.24) is 9.21 Å². The molecule has 140 valence electrons. The Balaban J connectivity index is 1.76. The molecule has 27 heavy (non-hydrogen) atoms. The molecule has 0 spiro atoms. The second-order valence-electron chi connectivity index (χ2n) is 6.96. The Morgan fingerprint density at radius 2 is 1.63 bits per heavy atom. The van der Waals surface area contributed by atoms with Gasteiger partial charge in [-0.2, -0.15) is 4.31 Å². The third-order valence-corrected chi connectivity index (χ3v) is 7.50. The van der Waals surface area contributed by atoms with E-state index in [0.717, 1.165) is 27.4 Å². The predicted molar refractivity (Wildman–Crippen MR) is 112 cm³/mol. The number of piperazine rings is 1. The number of nitrogens with zero attached hydrogens (tertiary/aromatic N) is 2. The van der Waals surface area contributed by atoms with Crippen LogP contribution < -0.4 is 0 Å².